The van der Waals surface area contributed by atoms with Crippen LogP contribution < -0.4 is 11.1 Å². The minimum atomic E-state index is 0.148. The first-order chi connectivity index (χ1) is 6.06. The van der Waals surface area contributed by atoms with Gasteiger partial charge in [0.15, 0.2) is 0 Å². The van der Waals surface area contributed by atoms with Crippen LogP contribution >= 0.6 is 0 Å². The van der Waals surface area contributed by atoms with Crippen molar-refractivity contribution in [2.75, 3.05) is 0 Å². The first-order valence-corrected chi connectivity index (χ1v) is 5.11. The van der Waals surface area contributed by atoms with E-state index in [-0.39, 0.29) is 11.9 Å². The summed E-state index contributed by atoms with van der Waals surface area (Å²) in [6.45, 7) is 6.04. The van der Waals surface area contributed by atoms with E-state index in [1.54, 1.807) is 0 Å². The molecular weight excluding hydrogens is 164 g/mol. The summed E-state index contributed by atoms with van der Waals surface area (Å²) < 4.78 is 0. The fourth-order valence-electron chi connectivity index (χ4n) is 1.03. The number of nitrogens with two attached hydrogens (primary N) is 1. The number of carbonyl (C=O) groups excluding carboxylic acids is 1. The maximum absolute atomic E-state index is 11.2. The normalized spacial score (nSPS) is 15.1. The molecule has 2 atom stereocenters. The van der Waals surface area contributed by atoms with Gasteiger partial charge in [0.2, 0.25) is 5.91 Å². The third kappa shape index (κ3) is 7.78. The van der Waals surface area contributed by atoms with Crippen LogP contribution in [-0.4, -0.2) is 18.0 Å². The number of hydrogen-bond acceptors (Lipinski definition) is 2. The van der Waals surface area contributed by atoms with Gasteiger partial charge in [-0.1, -0.05) is 6.92 Å². The number of hydrogen-bond donors (Lipinski definition) is 2. The van der Waals surface area contributed by atoms with Crippen molar-refractivity contribution in [3.05, 3.63) is 0 Å². The molecule has 0 saturated carbocycles. The average Bonchev–Trinajstić information content (AvgIpc) is 2.03. The molecule has 0 fully saturated rings. The zero-order chi connectivity index (χ0) is 10.3. The van der Waals surface area contributed by atoms with Crippen LogP contribution in [0.25, 0.3) is 0 Å². The molecule has 0 aromatic carbocycles. The quantitative estimate of drug-likeness (QED) is 0.659. The third-order valence-corrected chi connectivity index (χ3v) is 2.08. The predicted molar refractivity (Wildman–Crippen MR) is 55.4 cm³/mol. The van der Waals surface area contributed by atoms with Crippen LogP contribution in [0.1, 0.15) is 46.5 Å². The van der Waals surface area contributed by atoms with Gasteiger partial charge in [0.25, 0.3) is 0 Å². The summed E-state index contributed by atoms with van der Waals surface area (Å²) in [5.41, 5.74) is 5.57. The number of rotatable bonds is 6. The second-order valence-electron chi connectivity index (χ2n) is 3.75. The molecule has 0 saturated heterocycles. The number of amides is 1. The summed E-state index contributed by atoms with van der Waals surface area (Å²) >= 11 is 0. The van der Waals surface area contributed by atoms with E-state index in [4.69, 9.17) is 5.73 Å². The van der Waals surface area contributed by atoms with Crippen molar-refractivity contribution in [3.63, 3.8) is 0 Å². The van der Waals surface area contributed by atoms with Crippen molar-refractivity contribution >= 4 is 5.91 Å². The lowest BCUT2D eigenvalue weighted by atomic mass is 10.1. The maximum atomic E-state index is 11.2. The fraction of sp³-hybridized carbons (Fsp3) is 0.900. The number of carbonyl (C=O) groups is 1. The van der Waals surface area contributed by atoms with Gasteiger partial charge in [0, 0.05) is 18.5 Å². The van der Waals surface area contributed by atoms with E-state index in [9.17, 15) is 4.79 Å². The molecule has 3 N–H and O–H groups in total. The molecule has 0 bridgehead atoms. The second kappa shape index (κ2) is 6.89. The van der Waals surface area contributed by atoms with E-state index in [0.717, 1.165) is 19.3 Å². The molecule has 13 heavy (non-hydrogen) atoms. The Morgan fingerprint density at radius 1 is 1.46 bits per heavy atom. The van der Waals surface area contributed by atoms with Gasteiger partial charge in [-0.25, -0.2) is 0 Å². The molecule has 0 aliphatic rings. The highest BCUT2D eigenvalue weighted by Crippen LogP contribution is 1.99. The zero-order valence-electron chi connectivity index (χ0n) is 8.97. The lowest BCUT2D eigenvalue weighted by Crippen LogP contribution is -2.31. The molecule has 0 heterocycles. The minimum Gasteiger partial charge on any atom is -0.354 e. The van der Waals surface area contributed by atoms with Gasteiger partial charge in [-0.3, -0.25) is 4.79 Å². The molecule has 0 aromatic heterocycles. The molecule has 1 amide bonds. The minimum absolute atomic E-state index is 0.148. The van der Waals surface area contributed by atoms with E-state index in [1.807, 2.05) is 13.8 Å². The van der Waals surface area contributed by atoms with Gasteiger partial charge >= 0.3 is 0 Å². The van der Waals surface area contributed by atoms with E-state index in [0.29, 0.717) is 12.5 Å². The van der Waals surface area contributed by atoms with E-state index >= 15 is 0 Å². The molecule has 3 nitrogen and oxygen atoms in total. The van der Waals surface area contributed by atoms with E-state index < -0.39 is 0 Å². The van der Waals surface area contributed by atoms with Crippen LogP contribution in [0, 0.1) is 0 Å². The van der Waals surface area contributed by atoms with Crippen molar-refractivity contribution in [2.45, 2.75) is 58.5 Å². The van der Waals surface area contributed by atoms with Crippen LogP contribution in [-0.2, 0) is 4.79 Å². The van der Waals surface area contributed by atoms with Gasteiger partial charge < -0.3 is 11.1 Å². The molecule has 2 unspecified atom stereocenters. The van der Waals surface area contributed by atoms with Gasteiger partial charge in [0.1, 0.15) is 0 Å². The lowest BCUT2D eigenvalue weighted by molar-refractivity contribution is -0.121. The second-order valence-corrected chi connectivity index (χ2v) is 3.75. The summed E-state index contributed by atoms with van der Waals surface area (Å²) in [6, 6.07) is 0.499. The molecule has 0 aliphatic carbocycles. The monoisotopic (exact) mass is 186 g/mol. The summed E-state index contributed by atoms with van der Waals surface area (Å²) in [5, 5.41) is 2.92. The Hall–Kier alpha value is -0.570. The Morgan fingerprint density at radius 3 is 2.54 bits per heavy atom. The van der Waals surface area contributed by atoms with Crippen molar-refractivity contribution in [2.24, 2.45) is 5.73 Å². The lowest BCUT2D eigenvalue weighted by Gasteiger charge is -2.11. The van der Waals surface area contributed by atoms with Crippen molar-refractivity contribution in [1.82, 2.24) is 5.32 Å². The largest absolute Gasteiger partial charge is 0.354 e. The molecule has 0 spiro atoms. The number of nitrogens with one attached hydrogen (secondary N) is 1. The predicted octanol–water partition coefficient (Wildman–Crippen LogP) is 1.42. The highest BCUT2D eigenvalue weighted by Gasteiger charge is 2.05. The Morgan fingerprint density at radius 2 is 2.08 bits per heavy atom. The van der Waals surface area contributed by atoms with Crippen LogP contribution in [0.15, 0.2) is 0 Å². The summed E-state index contributed by atoms with van der Waals surface area (Å²) in [4.78, 5) is 11.2. The molecule has 0 radical (unpaired) electrons. The SMILES string of the molecule is CCC(C)NC(=O)CCCC(C)N. The first-order valence-electron chi connectivity index (χ1n) is 5.11. The topological polar surface area (TPSA) is 55.1 Å². The summed E-state index contributed by atoms with van der Waals surface area (Å²) in [7, 11) is 0. The van der Waals surface area contributed by atoms with Crippen LogP contribution in [0.2, 0.25) is 0 Å². The van der Waals surface area contributed by atoms with Gasteiger partial charge in [0.05, 0.1) is 0 Å². The molecular formula is C10H22N2O. The molecule has 3 heteroatoms. The third-order valence-electron chi connectivity index (χ3n) is 2.08. The van der Waals surface area contributed by atoms with Crippen molar-refractivity contribution in [3.8, 4) is 0 Å². The summed E-state index contributed by atoms with van der Waals surface area (Å²) in [5.74, 6) is 0.148. The Labute approximate surface area is 81.1 Å². The molecule has 0 aliphatic heterocycles. The van der Waals surface area contributed by atoms with Crippen LogP contribution in [0.5, 0.6) is 0 Å². The van der Waals surface area contributed by atoms with Gasteiger partial charge in [-0.15, -0.1) is 0 Å². The average molecular weight is 186 g/mol. The summed E-state index contributed by atoms with van der Waals surface area (Å²) in [6.07, 6.45) is 3.40. The highest BCUT2D eigenvalue weighted by atomic mass is 16.1. The first kappa shape index (κ1) is 12.4. The maximum Gasteiger partial charge on any atom is 0.220 e. The van der Waals surface area contributed by atoms with Crippen molar-refractivity contribution in [1.29, 1.82) is 0 Å². The standard InChI is InChI=1S/C10H22N2O/c1-4-9(3)12-10(13)7-5-6-8(2)11/h8-9H,4-7,11H2,1-3H3,(H,12,13). The zero-order valence-corrected chi connectivity index (χ0v) is 8.97. The smallest absolute Gasteiger partial charge is 0.220 e. The van der Waals surface area contributed by atoms with Gasteiger partial charge in [-0.05, 0) is 33.1 Å². The Balaban J connectivity index is 3.41. The highest BCUT2D eigenvalue weighted by molar-refractivity contribution is 5.76. The molecule has 0 aromatic rings. The Bertz CT molecular complexity index is 146. The van der Waals surface area contributed by atoms with E-state index in [2.05, 4.69) is 12.2 Å². The van der Waals surface area contributed by atoms with Crippen LogP contribution in [0.3, 0.4) is 0 Å². The molecule has 0 rings (SSSR count). The fourth-order valence-corrected chi connectivity index (χ4v) is 1.03. The van der Waals surface area contributed by atoms with Crippen LogP contribution in [0.4, 0.5) is 0 Å². The Kier molecular flexibility index (Phi) is 6.59. The van der Waals surface area contributed by atoms with E-state index in [1.165, 1.54) is 0 Å². The molecule has 78 valence electrons. The van der Waals surface area contributed by atoms with Crippen molar-refractivity contribution < 1.29 is 4.79 Å². The van der Waals surface area contributed by atoms with Gasteiger partial charge in [-0.2, -0.15) is 0 Å².